The van der Waals surface area contributed by atoms with E-state index in [2.05, 4.69) is 5.32 Å². The number of carboxylic acids is 1. The van der Waals surface area contributed by atoms with E-state index in [0.717, 1.165) is 25.8 Å². The van der Waals surface area contributed by atoms with Gasteiger partial charge in [-0.2, -0.15) is 0 Å². The fourth-order valence-corrected chi connectivity index (χ4v) is 3.00. The van der Waals surface area contributed by atoms with E-state index >= 15 is 0 Å². The molecule has 0 aromatic rings. The Hall–Kier alpha value is -1.10. The average Bonchev–Trinajstić information content (AvgIpc) is 2.78. The molecular weight excluding hydrogens is 232 g/mol. The number of carbonyl (C=O) groups is 2. The molecule has 1 saturated heterocycles. The third-order valence-corrected chi connectivity index (χ3v) is 3.97. The van der Waals surface area contributed by atoms with Crippen LogP contribution in [0.5, 0.6) is 0 Å². The molecule has 1 heterocycles. The van der Waals surface area contributed by atoms with Crippen molar-refractivity contribution in [1.29, 1.82) is 0 Å². The summed E-state index contributed by atoms with van der Waals surface area (Å²) in [5.41, 5.74) is 0. The van der Waals surface area contributed by atoms with E-state index in [9.17, 15) is 9.59 Å². The Balaban J connectivity index is 1.77. The summed E-state index contributed by atoms with van der Waals surface area (Å²) in [7, 11) is 0. The molecule has 2 aliphatic rings. The van der Waals surface area contributed by atoms with Gasteiger partial charge < -0.3 is 10.4 Å². The van der Waals surface area contributed by atoms with Gasteiger partial charge in [0.2, 0.25) is 5.91 Å². The first-order valence-electron chi connectivity index (χ1n) is 6.93. The minimum Gasteiger partial charge on any atom is -0.480 e. The highest BCUT2D eigenvalue weighted by Gasteiger charge is 2.31. The second-order valence-corrected chi connectivity index (χ2v) is 5.37. The van der Waals surface area contributed by atoms with Crippen LogP contribution in [0.1, 0.15) is 44.9 Å². The van der Waals surface area contributed by atoms with Gasteiger partial charge in [0.05, 0.1) is 6.54 Å². The summed E-state index contributed by atoms with van der Waals surface area (Å²) in [6.45, 7) is 0.947. The number of likely N-dealkylation sites (tertiary alicyclic amines) is 1. The molecule has 1 amide bonds. The highest BCUT2D eigenvalue weighted by atomic mass is 16.4. The van der Waals surface area contributed by atoms with E-state index in [-0.39, 0.29) is 12.5 Å². The number of hydrogen-bond donors (Lipinski definition) is 2. The van der Waals surface area contributed by atoms with Gasteiger partial charge in [0.1, 0.15) is 6.04 Å². The lowest BCUT2D eigenvalue weighted by atomic mass is 9.95. The van der Waals surface area contributed by atoms with E-state index in [1.807, 2.05) is 0 Å². The second kappa shape index (κ2) is 6.18. The van der Waals surface area contributed by atoms with Crippen LogP contribution in [0.3, 0.4) is 0 Å². The topological polar surface area (TPSA) is 69.6 Å². The molecule has 0 aromatic carbocycles. The summed E-state index contributed by atoms with van der Waals surface area (Å²) in [5, 5.41) is 12.1. The molecule has 2 rings (SSSR count). The van der Waals surface area contributed by atoms with Crippen LogP contribution >= 0.6 is 0 Å². The molecule has 5 heteroatoms. The molecule has 1 aliphatic carbocycles. The summed E-state index contributed by atoms with van der Waals surface area (Å²) in [4.78, 5) is 24.7. The number of carboxylic acid groups (broad SMARTS) is 1. The van der Waals surface area contributed by atoms with Crippen LogP contribution in [0.4, 0.5) is 0 Å². The van der Waals surface area contributed by atoms with Crippen molar-refractivity contribution in [1.82, 2.24) is 10.2 Å². The van der Waals surface area contributed by atoms with E-state index in [4.69, 9.17) is 5.11 Å². The molecule has 0 bridgehead atoms. The second-order valence-electron chi connectivity index (χ2n) is 5.37. The van der Waals surface area contributed by atoms with Crippen molar-refractivity contribution in [3.63, 3.8) is 0 Å². The number of carbonyl (C=O) groups excluding carboxylic acids is 1. The molecule has 102 valence electrons. The molecule has 5 nitrogen and oxygen atoms in total. The summed E-state index contributed by atoms with van der Waals surface area (Å²) >= 11 is 0. The van der Waals surface area contributed by atoms with Gasteiger partial charge >= 0.3 is 5.97 Å². The molecule has 2 N–H and O–H groups in total. The Morgan fingerprint density at radius 1 is 1.11 bits per heavy atom. The van der Waals surface area contributed by atoms with Crippen LogP contribution in [-0.4, -0.2) is 47.1 Å². The molecule has 1 atom stereocenters. The number of rotatable bonds is 4. The first kappa shape index (κ1) is 13.3. The van der Waals surface area contributed by atoms with E-state index in [1.165, 1.54) is 19.3 Å². The Morgan fingerprint density at radius 2 is 1.83 bits per heavy atom. The van der Waals surface area contributed by atoms with Crippen molar-refractivity contribution >= 4 is 11.9 Å². The lowest BCUT2D eigenvalue weighted by molar-refractivity contribution is -0.142. The third-order valence-electron chi connectivity index (χ3n) is 3.97. The minimum atomic E-state index is -0.807. The largest absolute Gasteiger partial charge is 0.480 e. The standard InChI is InChI=1S/C13H22N2O3/c16-12(14-10-5-2-1-3-6-10)9-15-8-4-7-11(15)13(17)18/h10-11H,1-9H2,(H,14,16)(H,17,18)/t11-/m0/s1. The predicted molar refractivity (Wildman–Crippen MR) is 67.2 cm³/mol. The van der Waals surface area contributed by atoms with Crippen LogP contribution in [0.15, 0.2) is 0 Å². The molecular formula is C13H22N2O3. The SMILES string of the molecule is O=C(CN1CCC[C@H]1C(=O)O)NC1CCCCC1. The molecule has 1 saturated carbocycles. The maximum absolute atomic E-state index is 11.9. The molecule has 18 heavy (non-hydrogen) atoms. The maximum Gasteiger partial charge on any atom is 0.320 e. The molecule has 0 spiro atoms. The number of hydrogen-bond acceptors (Lipinski definition) is 3. The Morgan fingerprint density at radius 3 is 2.50 bits per heavy atom. The molecule has 0 unspecified atom stereocenters. The Labute approximate surface area is 108 Å². The van der Waals surface area contributed by atoms with Gasteiger partial charge in [-0.15, -0.1) is 0 Å². The number of amides is 1. The number of nitrogens with one attached hydrogen (secondary N) is 1. The zero-order valence-electron chi connectivity index (χ0n) is 10.7. The van der Waals surface area contributed by atoms with Crippen LogP contribution in [0, 0.1) is 0 Å². The number of aliphatic carboxylic acids is 1. The Bertz CT molecular complexity index is 313. The zero-order chi connectivity index (χ0) is 13.0. The summed E-state index contributed by atoms with van der Waals surface area (Å²) in [6, 6.07) is -0.167. The molecule has 2 fully saturated rings. The summed E-state index contributed by atoms with van der Waals surface area (Å²) < 4.78 is 0. The van der Waals surface area contributed by atoms with Crippen LogP contribution in [0.2, 0.25) is 0 Å². The van der Waals surface area contributed by atoms with Gasteiger partial charge in [-0.05, 0) is 32.2 Å². The van der Waals surface area contributed by atoms with Gasteiger partial charge in [0.15, 0.2) is 0 Å². The van der Waals surface area contributed by atoms with E-state index in [1.54, 1.807) is 4.90 Å². The highest BCUT2D eigenvalue weighted by Crippen LogP contribution is 2.19. The third kappa shape index (κ3) is 3.45. The van der Waals surface area contributed by atoms with Gasteiger partial charge in [-0.25, -0.2) is 0 Å². The first-order chi connectivity index (χ1) is 8.66. The minimum absolute atomic E-state index is 0.0185. The lowest BCUT2D eigenvalue weighted by Gasteiger charge is -2.25. The predicted octanol–water partition coefficient (Wildman–Crippen LogP) is 0.984. The lowest BCUT2D eigenvalue weighted by Crippen LogP contribution is -2.46. The smallest absolute Gasteiger partial charge is 0.320 e. The summed E-state index contributed by atoms with van der Waals surface area (Å²) in [6.07, 6.45) is 7.29. The van der Waals surface area contributed by atoms with Crippen molar-refractivity contribution in [3.05, 3.63) is 0 Å². The van der Waals surface area contributed by atoms with Crippen LogP contribution in [-0.2, 0) is 9.59 Å². The van der Waals surface area contributed by atoms with Gasteiger partial charge in [-0.1, -0.05) is 19.3 Å². The van der Waals surface area contributed by atoms with Crippen molar-refractivity contribution in [2.75, 3.05) is 13.1 Å². The quantitative estimate of drug-likeness (QED) is 0.785. The fraction of sp³-hybridized carbons (Fsp3) is 0.846. The fourth-order valence-electron chi connectivity index (χ4n) is 3.00. The van der Waals surface area contributed by atoms with Crippen molar-refractivity contribution in [2.24, 2.45) is 0 Å². The number of nitrogens with zero attached hydrogens (tertiary/aromatic N) is 1. The molecule has 1 aliphatic heterocycles. The Kier molecular flexibility index (Phi) is 4.58. The van der Waals surface area contributed by atoms with Crippen LogP contribution < -0.4 is 5.32 Å². The monoisotopic (exact) mass is 254 g/mol. The molecule has 0 radical (unpaired) electrons. The highest BCUT2D eigenvalue weighted by molar-refractivity contribution is 5.80. The van der Waals surface area contributed by atoms with Gasteiger partial charge in [-0.3, -0.25) is 14.5 Å². The van der Waals surface area contributed by atoms with Crippen molar-refractivity contribution in [3.8, 4) is 0 Å². The van der Waals surface area contributed by atoms with Gasteiger partial charge in [0.25, 0.3) is 0 Å². The van der Waals surface area contributed by atoms with Crippen molar-refractivity contribution in [2.45, 2.75) is 57.0 Å². The van der Waals surface area contributed by atoms with E-state index in [0.29, 0.717) is 12.5 Å². The first-order valence-corrected chi connectivity index (χ1v) is 6.93. The zero-order valence-corrected chi connectivity index (χ0v) is 10.7. The normalized spacial score (nSPS) is 26.1. The van der Waals surface area contributed by atoms with Crippen LogP contribution in [0.25, 0.3) is 0 Å². The summed E-state index contributed by atoms with van der Waals surface area (Å²) in [5.74, 6) is -0.826. The average molecular weight is 254 g/mol. The van der Waals surface area contributed by atoms with E-state index < -0.39 is 12.0 Å². The molecule has 0 aromatic heterocycles. The maximum atomic E-state index is 11.9. The van der Waals surface area contributed by atoms with Gasteiger partial charge in [0, 0.05) is 6.04 Å². The van der Waals surface area contributed by atoms with Crippen molar-refractivity contribution < 1.29 is 14.7 Å².